The van der Waals surface area contributed by atoms with Gasteiger partial charge in [0.15, 0.2) is 9.84 Å². The lowest BCUT2D eigenvalue weighted by Crippen LogP contribution is -2.30. The number of hydrogen-bond donors (Lipinski definition) is 1. The Bertz CT molecular complexity index is 1030. The van der Waals surface area contributed by atoms with Crippen molar-refractivity contribution in [3.05, 3.63) is 70.9 Å². The molecule has 0 fully saturated rings. The molecule has 3 aromatic rings. The molecule has 2 aromatic carbocycles. The second-order valence-electron chi connectivity index (χ2n) is 5.90. The summed E-state index contributed by atoms with van der Waals surface area (Å²) in [6.07, 6.45) is 0.114. The van der Waals surface area contributed by atoms with Crippen molar-refractivity contribution in [2.24, 2.45) is 0 Å². The van der Waals surface area contributed by atoms with Crippen LogP contribution in [-0.4, -0.2) is 30.9 Å². The number of carbonyl (C=O) groups excluding carboxylic acids is 1. The molecule has 0 aliphatic heterocycles. The second kappa shape index (κ2) is 7.53. The minimum atomic E-state index is -3.68. The van der Waals surface area contributed by atoms with Crippen molar-refractivity contribution >= 4 is 37.7 Å². The molecule has 1 aromatic heterocycles. The molecule has 5 nitrogen and oxygen atoms in total. The van der Waals surface area contributed by atoms with Gasteiger partial charge in [-0.1, -0.05) is 18.2 Å². The summed E-state index contributed by atoms with van der Waals surface area (Å²) < 4.78 is 39.8. The monoisotopic (exact) mass is 393 g/mol. The van der Waals surface area contributed by atoms with Gasteiger partial charge in [0.1, 0.15) is 5.82 Å². The van der Waals surface area contributed by atoms with E-state index in [9.17, 15) is 22.8 Å². The van der Waals surface area contributed by atoms with Crippen LogP contribution in [0.1, 0.15) is 17.2 Å². The standard InChI is InChI=1S/C18H16FNO4S2/c19-16-3-1-2-14(9-16)17(20(22)12-21)11-26(23,24)10-13-4-5-18-15(8-13)6-7-25-18/h1-9,12,17,22H,10-11H2. The summed E-state index contributed by atoms with van der Waals surface area (Å²) in [5, 5.41) is 12.9. The van der Waals surface area contributed by atoms with Gasteiger partial charge in [-0.3, -0.25) is 10.0 Å². The largest absolute Gasteiger partial charge is 0.285 e. The first kappa shape index (κ1) is 18.5. The molecule has 26 heavy (non-hydrogen) atoms. The van der Waals surface area contributed by atoms with Gasteiger partial charge < -0.3 is 0 Å². The minimum Gasteiger partial charge on any atom is -0.285 e. The summed E-state index contributed by atoms with van der Waals surface area (Å²) in [5.41, 5.74) is 0.820. The van der Waals surface area contributed by atoms with Crippen molar-refractivity contribution in [1.29, 1.82) is 0 Å². The summed E-state index contributed by atoms with van der Waals surface area (Å²) in [4.78, 5) is 11.0. The van der Waals surface area contributed by atoms with Crippen molar-refractivity contribution in [1.82, 2.24) is 5.06 Å². The summed E-state index contributed by atoms with van der Waals surface area (Å²) >= 11 is 1.57. The fourth-order valence-corrected chi connectivity index (χ4v) is 5.17. The van der Waals surface area contributed by atoms with Crippen LogP contribution in [0, 0.1) is 5.82 Å². The second-order valence-corrected chi connectivity index (χ2v) is 8.96. The minimum absolute atomic E-state index is 0.114. The van der Waals surface area contributed by atoms with Gasteiger partial charge in [0.05, 0.1) is 17.5 Å². The van der Waals surface area contributed by atoms with Gasteiger partial charge in [-0.15, -0.1) is 11.3 Å². The highest BCUT2D eigenvalue weighted by atomic mass is 32.2. The molecule has 8 heteroatoms. The third-order valence-corrected chi connectivity index (χ3v) is 6.47. The SMILES string of the molecule is O=CN(O)C(CS(=O)(=O)Cc1ccc2sccc2c1)c1cccc(F)c1. The Morgan fingerprint density at radius 2 is 2.00 bits per heavy atom. The number of nitrogens with zero attached hydrogens (tertiary/aromatic N) is 1. The predicted molar refractivity (Wildman–Crippen MR) is 98.1 cm³/mol. The van der Waals surface area contributed by atoms with Crippen molar-refractivity contribution in [2.45, 2.75) is 11.8 Å². The first-order chi connectivity index (χ1) is 12.4. The molecule has 3 rings (SSSR count). The summed E-state index contributed by atoms with van der Waals surface area (Å²) in [7, 11) is -3.68. The Hall–Kier alpha value is -2.29. The first-order valence-corrected chi connectivity index (χ1v) is 10.4. The molecule has 1 heterocycles. The van der Waals surface area contributed by atoms with Crippen molar-refractivity contribution in [2.75, 3.05) is 5.75 Å². The average molecular weight is 393 g/mol. The zero-order chi connectivity index (χ0) is 18.7. The lowest BCUT2D eigenvalue weighted by molar-refractivity contribution is -0.158. The van der Waals surface area contributed by atoms with Gasteiger partial charge in [0, 0.05) is 4.70 Å². The average Bonchev–Trinajstić information content (AvgIpc) is 3.06. The van der Waals surface area contributed by atoms with Crippen LogP contribution in [0.25, 0.3) is 10.1 Å². The first-order valence-electron chi connectivity index (χ1n) is 7.72. The van der Waals surface area contributed by atoms with Gasteiger partial charge in [-0.05, 0) is 52.2 Å². The molecular formula is C18H16FNO4S2. The van der Waals surface area contributed by atoms with Crippen molar-refractivity contribution < 1.29 is 22.8 Å². The number of hydroxylamine groups is 2. The van der Waals surface area contributed by atoms with E-state index in [2.05, 4.69) is 0 Å². The van der Waals surface area contributed by atoms with E-state index >= 15 is 0 Å². The van der Waals surface area contributed by atoms with Gasteiger partial charge in [0.2, 0.25) is 6.41 Å². The highest BCUT2D eigenvalue weighted by Gasteiger charge is 2.26. The Morgan fingerprint density at radius 3 is 2.73 bits per heavy atom. The van der Waals surface area contributed by atoms with Crippen LogP contribution in [0.3, 0.4) is 0 Å². The molecule has 0 saturated heterocycles. The molecule has 0 spiro atoms. The molecule has 1 N–H and O–H groups in total. The van der Waals surface area contributed by atoms with E-state index in [1.54, 1.807) is 23.5 Å². The number of halogens is 1. The van der Waals surface area contributed by atoms with Gasteiger partial charge in [0.25, 0.3) is 0 Å². The van der Waals surface area contributed by atoms with E-state index in [1.165, 1.54) is 18.2 Å². The molecule has 1 unspecified atom stereocenters. The third kappa shape index (κ3) is 4.27. The number of rotatable bonds is 7. The fraction of sp³-hybridized carbons (Fsp3) is 0.167. The lowest BCUT2D eigenvalue weighted by Gasteiger charge is -2.23. The molecule has 1 atom stereocenters. The molecule has 0 radical (unpaired) electrons. The summed E-state index contributed by atoms with van der Waals surface area (Å²) in [5.74, 6) is -1.34. The highest BCUT2D eigenvalue weighted by Crippen LogP contribution is 2.25. The van der Waals surface area contributed by atoms with E-state index in [-0.39, 0.29) is 22.8 Å². The number of thiophene rings is 1. The van der Waals surface area contributed by atoms with Crippen molar-refractivity contribution in [3.63, 3.8) is 0 Å². The van der Waals surface area contributed by atoms with Crippen LogP contribution in [0.5, 0.6) is 0 Å². The number of sulfone groups is 1. The van der Waals surface area contributed by atoms with Crippen LogP contribution in [0.15, 0.2) is 53.9 Å². The molecular weight excluding hydrogens is 377 g/mol. The number of benzene rings is 2. The molecule has 0 aliphatic carbocycles. The fourth-order valence-electron chi connectivity index (χ4n) is 2.77. The Morgan fingerprint density at radius 1 is 1.19 bits per heavy atom. The quantitative estimate of drug-likeness (QED) is 0.378. The maximum absolute atomic E-state index is 13.5. The number of carbonyl (C=O) groups is 1. The topological polar surface area (TPSA) is 74.7 Å². The van der Waals surface area contributed by atoms with Gasteiger partial charge in [-0.25, -0.2) is 17.9 Å². The van der Waals surface area contributed by atoms with Gasteiger partial charge >= 0.3 is 0 Å². The summed E-state index contributed by atoms with van der Waals surface area (Å²) in [6, 6.07) is 11.3. The number of amides is 1. The summed E-state index contributed by atoms with van der Waals surface area (Å²) in [6.45, 7) is 0. The van der Waals surface area contributed by atoms with Crippen LogP contribution < -0.4 is 0 Å². The Balaban J connectivity index is 1.85. The maximum Gasteiger partial charge on any atom is 0.233 e. The number of fused-ring (bicyclic) bond motifs is 1. The van der Waals surface area contributed by atoms with Crippen LogP contribution in [0.4, 0.5) is 4.39 Å². The zero-order valence-corrected chi connectivity index (χ0v) is 15.2. The van der Waals surface area contributed by atoms with Gasteiger partial charge in [-0.2, -0.15) is 0 Å². The molecule has 0 aliphatic rings. The lowest BCUT2D eigenvalue weighted by atomic mass is 10.1. The molecule has 0 saturated carbocycles. The highest BCUT2D eigenvalue weighted by molar-refractivity contribution is 7.90. The van der Waals surface area contributed by atoms with E-state index < -0.39 is 27.4 Å². The normalized spacial score (nSPS) is 12.8. The molecule has 136 valence electrons. The smallest absolute Gasteiger partial charge is 0.233 e. The molecule has 1 amide bonds. The number of hydrogen-bond acceptors (Lipinski definition) is 5. The predicted octanol–water partition coefficient (Wildman–Crippen LogP) is 3.54. The van der Waals surface area contributed by atoms with E-state index in [4.69, 9.17) is 0 Å². The van der Waals surface area contributed by atoms with Crippen LogP contribution in [0.2, 0.25) is 0 Å². The van der Waals surface area contributed by atoms with Crippen LogP contribution >= 0.6 is 11.3 Å². The maximum atomic E-state index is 13.5. The van der Waals surface area contributed by atoms with Crippen molar-refractivity contribution in [3.8, 4) is 0 Å². The van der Waals surface area contributed by atoms with E-state index in [0.717, 1.165) is 16.2 Å². The van der Waals surface area contributed by atoms with Crippen LogP contribution in [-0.2, 0) is 20.4 Å². The zero-order valence-electron chi connectivity index (χ0n) is 13.6. The third-order valence-electron chi connectivity index (χ3n) is 3.98. The Labute approximate surface area is 154 Å². The van der Waals surface area contributed by atoms with E-state index in [0.29, 0.717) is 5.56 Å². The van der Waals surface area contributed by atoms with E-state index in [1.807, 2.05) is 17.5 Å². The Kier molecular flexibility index (Phi) is 5.36. The molecule has 0 bridgehead atoms.